The van der Waals surface area contributed by atoms with Crippen molar-refractivity contribution in [3.05, 3.63) is 113 Å². The Hall–Kier alpha value is -4.87. The Bertz CT molecular complexity index is 1770. The number of hydrogen-bond acceptors (Lipinski definition) is 4. The molecule has 6 rings (SSSR count). The molecule has 1 aliphatic heterocycles. The van der Waals surface area contributed by atoms with Gasteiger partial charge in [-0.05, 0) is 68.3 Å². The van der Waals surface area contributed by atoms with E-state index in [1.165, 1.54) is 0 Å². The number of fused-ring (bicyclic) bond motifs is 4. The number of benzene rings is 2. The molecule has 4 aromatic rings. The monoisotopic (exact) mass is 493 g/mol. The van der Waals surface area contributed by atoms with Crippen LogP contribution in [-0.4, -0.2) is 15.1 Å². The molecule has 2 atom stereocenters. The highest BCUT2D eigenvalue weighted by Crippen LogP contribution is 2.53. The van der Waals surface area contributed by atoms with Gasteiger partial charge >= 0.3 is 0 Å². The molecule has 0 saturated carbocycles. The number of nitrogens with zero attached hydrogens (tertiary/aromatic N) is 5. The van der Waals surface area contributed by atoms with Gasteiger partial charge in [-0.15, -0.1) is 0 Å². The van der Waals surface area contributed by atoms with Crippen molar-refractivity contribution >= 4 is 28.5 Å². The number of nitriles is 2. The van der Waals surface area contributed by atoms with Crippen molar-refractivity contribution in [1.29, 1.82) is 10.5 Å². The number of hydrogen-bond donors (Lipinski definition) is 0. The van der Waals surface area contributed by atoms with Gasteiger partial charge in [-0.1, -0.05) is 55.5 Å². The van der Waals surface area contributed by atoms with Crippen molar-refractivity contribution < 1.29 is 0 Å². The van der Waals surface area contributed by atoms with Crippen LogP contribution in [0.4, 0.5) is 11.5 Å². The lowest BCUT2D eigenvalue weighted by Gasteiger charge is -2.38. The standard InChI is InChI=1S/C33H27N5/c1-4-23(20-34)18-26-22(2)37(29-12-6-5-10-25(26)29)31-13-9-14-32(36-31)38-30-16-15-24(21-35)19-27(30)28-11-7-8-17-33(28,38)3/h5-19,28H,4H2,1-3H3/b23-18+/t28?,33-/m1/s1. The first-order valence-electron chi connectivity index (χ1n) is 12.9. The Morgan fingerprint density at radius 1 is 1.05 bits per heavy atom. The molecule has 0 saturated heterocycles. The van der Waals surface area contributed by atoms with Crippen molar-refractivity contribution in [2.75, 3.05) is 4.90 Å². The summed E-state index contributed by atoms with van der Waals surface area (Å²) >= 11 is 0. The highest BCUT2D eigenvalue weighted by atomic mass is 15.3. The molecule has 0 fully saturated rings. The Morgan fingerprint density at radius 2 is 1.87 bits per heavy atom. The maximum Gasteiger partial charge on any atom is 0.139 e. The van der Waals surface area contributed by atoms with Crippen LogP contribution in [0.15, 0.2) is 90.5 Å². The first kappa shape index (κ1) is 23.5. The molecule has 38 heavy (non-hydrogen) atoms. The van der Waals surface area contributed by atoms with Crippen molar-refractivity contribution in [3.8, 4) is 18.0 Å². The molecule has 0 N–H and O–H groups in total. The summed E-state index contributed by atoms with van der Waals surface area (Å²) in [5.41, 5.74) is 6.42. The minimum Gasteiger partial charge on any atom is -0.316 e. The van der Waals surface area contributed by atoms with E-state index >= 15 is 0 Å². The summed E-state index contributed by atoms with van der Waals surface area (Å²) in [7, 11) is 0. The van der Waals surface area contributed by atoms with Crippen LogP contribution in [0.25, 0.3) is 22.8 Å². The second-order valence-corrected chi connectivity index (χ2v) is 10.0. The van der Waals surface area contributed by atoms with Gasteiger partial charge in [-0.3, -0.25) is 4.57 Å². The minimum absolute atomic E-state index is 0.116. The Kier molecular flexibility index (Phi) is 5.51. The van der Waals surface area contributed by atoms with E-state index in [4.69, 9.17) is 4.98 Å². The Balaban J connectivity index is 1.55. The van der Waals surface area contributed by atoms with Gasteiger partial charge in [0.25, 0.3) is 0 Å². The van der Waals surface area contributed by atoms with Crippen LogP contribution in [0.1, 0.15) is 48.6 Å². The summed E-state index contributed by atoms with van der Waals surface area (Å²) < 4.78 is 2.18. The van der Waals surface area contributed by atoms with E-state index < -0.39 is 0 Å². The lowest BCUT2D eigenvalue weighted by Crippen LogP contribution is -2.42. The van der Waals surface area contributed by atoms with E-state index in [1.54, 1.807) is 0 Å². The highest BCUT2D eigenvalue weighted by Gasteiger charge is 2.47. The summed E-state index contributed by atoms with van der Waals surface area (Å²) in [6.07, 6.45) is 11.3. The first-order valence-corrected chi connectivity index (χ1v) is 12.9. The SMILES string of the molecule is CC/C(C#N)=C\c1c(C)n(-c2cccc(N3c4ccc(C#N)cc4C4C=CC=C[C@]43C)n2)c2ccccc12. The fraction of sp³-hybridized carbons (Fsp3) is 0.182. The van der Waals surface area contributed by atoms with Gasteiger partial charge in [0, 0.05) is 33.8 Å². The summed E-state index contributed by atoms with van der Waals surface area (Å²) in [6, 6.07) is 25.0. The zero-order valence-corrected chi connectivity index (χ0v) is 21.7. The van der Waals surface area contributed by atoms with E-state index in [0.717, 1.165) is 50.6 Å². The predicted molar refractivity (Wildman–Crippen MR) is 152 cm³/mol. The number of rotatable bonds is 4. The fourth-order valence-electron chi connectivity index (χ4n) is 5.98. The van der Waals surface area contributed by atoms with Crippen molar-refractivity contribution in [2.24, 2.45) is 0 Å². The van der Waals surface area contributed by atoms with Crippen LogP contribution < -0.4 is 4.90 Å². The molecule has 0 amide bonds. The van der Waals surface area contributed by atoms with Gasteiger partial charge in [0.1, 0.15) is 11.6 Å². The molecular formula is C33H27N5. The second kappa shape index (κ2) is 8.91. The van der Waals surface area contributed by atoms with Crippen LogP contribution >= 0.6 is 0 Å². The average Bonchev–Trinajstić information content (AvgIpc) is 3.38. The molecule has 2 aliphatic rings. The maximum atomic E-state index is 9.59. The van der Waals surface area contributed by atoms with Crippen molar-refractivity contribution in [1.82, 2.24) is 9.55 Å². The van der Waals surface area contributed by atoms with E-state index in [9.17, 15) is 10.5 Å². The molecule has 1 aliphatic carbocycles. The predicted octanol–water partition coefficient (Wildman–Crippen LogP) is 7.64. The molecule has 5 heteroatoms. The lowest BCUT2D eigenvalue weighted by atomic mass is 9.80. The third-order valence-electron chi connectivity index (χ3n) is 7.87. The van der Waals surface area contributed by atoms with Gasteiger partial charge in [0.05, 0.1) is 28.8 Å². The molecule has 3 heterocycles. The number of anilines is 2. The minimum atomic E-state index is -0.346. The molecule has 1 unspecified atom stereocenters. The molecular weight excluding hydrogens is 466 g/mol. The van der Waals surface area contributed by atoms with E-state index in [1.807, 2.05) is 49.4 Å². The smallest absolute Gasteiger partial charge is 0.139 e. The van der Waals surface area contributed by atoms with Gasteiger partial charge < -0.3 is 4.90 Å². The largest absolute Gasteiger partial charge is 0.316 e. The van der Waals surface area contributed by atoms with Crippen LogP contribution in [0, 0.1) is 29.6 Å². The normalized spacial score (nSPS) is 19.8. The van der Waals surface area contributed by atoms with Gasteiger partial charge in [0.2, 0.25) is 0 Å². The number of pyridine rings is 1. The Labute approximate surface area is 222 Å². The van der Waals surface area contributed by atoms with Crippen LogP contribution in [0.3, 0.4) is 0 Å². The lowest BCUT2D eigenvalue weighted by molar-refractivity contribution is 0.538. The summed E-state index contributed by atoms with van der Waals surface area (Å²) in [4.78, 5) is 7.52. The fourth-order valence-corrected chi connectivity index (χ4v) is 5.98. The van der Waals surface area contributed by atoms with E-state index in [2.05, 4.69) is 84.0 Å². The molecule has 2 aromatic carbocycles. The average molecular weight is 494 g/mol. The number of aromatic nitrogens is 2. The molecule has 5 nitrogen and oxygen atoms in total. The molecule has 184 valence electrons. The third kappa shape index (κ3) is 3.40. The second-order valence-electron chi connectivity index (χ2n) is 10.0. The molecule has 0 bridgehead atoms. The quantitative estimate of drug-likeness (QED) is 0.274. The molecule has 0 spiro atoms. The maximum absolute atomic E-state index is 9.59. The molecule has 2 aromatic heterocycles. The van der Waals surface area contributed by atoms with Gasteiger partial charge in [0.15, 0.2) is 0 Å². The zero-order chi connectivity index (χ0) is 26.4. The van der Waals surface area contributed by atoms with Crippen LogP contribution in [0.5, 0.6) is 0 Å². The first-order chi connectivity index (χ1) is 18.5. The number of allylic oxidation sites excluding steroid dienone is 3. The van der Waals surface area contributed by atoms with Crippen molar-refractivity contribution in [2.45, 2.75) is 38.6 Å². The summed E-state index contributed by atoms with van der Waals surface area (Å²) in [6.45, 7) is 6.32. The highest BCUT2D eigenvalue weighted by molar-refractivity contribution is 5.93. The van der Waals surface area contributed by atoms with Crippen molar-refractivity contribution in [3.63, 3.8) is 0 Å². The third-order valence-corrected chi connectivity index (χ3v) is 7.87. The van der Waals surface area contributed by atoms with Gasteiger partial charge in [-0.25, -0.2) is 4.98 Å². The summed E-state index contributed by atoms with van der Waals surface area (Å²) in [5.74, 6) is 1.79. The van der Waals surface area contributed by atoms with Crippen LogP contribution in [-0.2, 0) is 0 Å². The van der Waals surface area contributed by atoms with E-state index in [-0.39, 0.29) is 11.5 Å². The molecule has 0 radical (unpaired) electrons. The topological polar surface area (TPSA) is 68.6 Å². The summed E-state index contributed by atoms with van der Waals surface area (Å²) in [5, 5.41) is 20.2. The van der Waals surface area contributed by atoms with Gasteiger partial charge in [-0.2, -0.15) is 10.5 Å². The zero-order valence-electron chi connectivity index (χ0n) is 21.7. The Morgan fingerprint density at radius 3 is 2.66 bits per heavy atom. The number of para-hydroxylation sites is 1. The van der Waals surface area contributed by atoms with E-state index in [0.29, 0.717) is 12.0 Å². The van der Waals surface area contributed by atoms with Crippen LogP contribution in [0.2, 0.25) is 0 Å².